The van der Waals surface area contributed by atoms with Crippen LogP contribution in [0.1, 0.15) is 5.56 Å². The summed E-state index contributed by atoms with van der Waals surface area (Å²) in [5.41, 5.74) is 1.01. The molecular weight excluding hydrogens is 292 g/mol. The first kappa shape index (κ1) is 15.8. The minimum Gasteiger partial charge on any atom is -0.453 e. The van der Waals surface area contributed by atoms with Crippen molar-refractivity contribution in [2.45, 2.75) is 6.42 Å². The quantitative estimate of drug-likeness (QED) is 0.830. The number of hydrogen-bond acceptors (Lipinski definition) is 4. The average Bonchev–Trinajstić information content (AvgIpc) is 2.53. The van der Waals surface area contributed by atoms with Crippen LogP contribution in [-0.4, -0.2) is 62.8 Å². The minimum atomic E-state index is -3.28. The number of carbonyl (C=O) groups excluding carboxylic acids is 1. The standard InChI is InChI=1S/C14H20N2O4S/c1-20-14(17)15-8-10-16(11-9-15)21(18,19)12-7-13-5-3-2-4-6-13/h2-6H,7-12H2,1H3. The van der Waals surface area contributed by atoms with Crippen LogP contribution in [0.2, 0.25) is 0 Å². The summed E-state index contributed by atoms with van der Waals surface area (Å²) in [6.07, 6.45) is 0.0942. The number of ether oxygens (including phenoxy) is 1. The molecule has 1 aromatic carbocycles. The Morgan fingerprint density at radius 1 is 1.14 bits per heavy atom. The molecule has 21 heavy (non-hydrogen) atoms. The molecule has 0 bridgehead atoms. The Labute approximate surface area is 125 Å². The van der Waals surface area contributed by atoms with Gasteiger partial charge in [0.2, 0.25) is 10.0 Å². The average molecular weight is 312 g/mol. The smallest absolute Gasteiger partial charge is 0.409 e. The Hall–Kier alpha value is -1.60. The van der Waals surface area contributed by atoms with Crippen LogP contribution in [0.5, 0.6) is 0 Å². The summed E-state index contributed by atoms with van der Waals surface area (Å²) < 4.78 is 30.7. The molecule has 2 rings (SSSR count). The molecule has 1 saturated heterocycles. The highest BCUT2D eigenvalue weighted by molar-refractivity contribution is 7.89. The lowest BCUT2D eigenvalue weighted by atomic mass is 10.2. The summed E-state index contributed by atoms with van der Waals surface area (Å²) in [6.45, 7) is 1.40. The third-order valence-electron chi connectivity index (χ3n) is 3.56. The Kier molecular flexibility index (Phi) is 5.19. The molecule has 0 aliphatic carbocycles. The Bertz CT molecular complexity index is 566. The first-order valence-corrected chi connectivity index (χ1v) is 8.48. The molecule has 1 fully saturated rings. The van der Waals surface area contributed by atoms with Crippen molar-refractivity contribution in [2.75, 3.05) is 39.0 Å². The Balaban J connectivity index is 1.88. The van der Waals surface area contributed by atoms with Gasteiger partial charge in [-0.2, -0.15) is 4.31 Å². The van der Waals surface area contributed by atoms with Gasteiger partial charge < -0.3 is 9.64 Å². The third kappa shape index (κ3) is 4.18. The van der Waals surface area contributed by atoms with Gasteiger partial charge in [0.25, 0.3) is 0 Å². The summed E-state index contributed by atoms with van der Waals surface area (Å²) in [7, 11) is -1.96. The first-order valence-electron chi connectivity index (χ1n) is 6.87. The van der Waals surface area contributed by atoms with Gasteiger partial charge in [-0.15, -0.1) is 0 Å². The fraction of sp³-hybridized carbons (Fsp3) is 0.500. The number of hydrogen-bond donors (Lipinski definition) is 0. The predicted octanol–water partition coefficient (Wildman–Crippen LogP) is 0.943. The molecule has 0 spiro atoms. The number of sulfonamides is 1. The van der Waals surface area contributed by atoms with E-state index >= 15 is 0 Å². The van der Waals surface area contributed by atoms with Crippen LogP contribution in [0.3, 0.4) is 0 Å². The highest BCUT2D eigenvalue weighted by Gasteiger charge is 2.28. The van der Waals surface area contributed by atoms with Crippen LogP contribution in [0.25, 0.3) is 0 Å². The molecule has 1 aliphatic rings. The monoisotopic (exact) mass is 312 g/mol. The fourth-order valence-electron chi connectivity index (χ4n) is 2.30. The number of aryl methyl sites for hydroxylation is 1. The number of nitrogens with zero attached hydrogens (tertiary/aromatic N) is 2. The van der Waals surface area contributed by atoms with Crippen LogP contribution in [0.4, 0.5) is 4.79 Å². The van der Waals surface area contributed by atoms with Crippen LogP contribution >= 0.6 is 0 Å². The number of methoxy groups -OCH3 is 1. The molecule has 6 nitrogen and oxygen atoms in total. The number of amides is 1. The zero-order valence-electron chi connectivity index (χ0n) is 12.1. The summed E-state index contributed by atoms with van der Waals surface area (Å²) >= 11 is 0. The Morgan fingerprint density at radius 3 is 2.33 bits per heavy atom. The van der Waals surface area contributed by atoms with Crippen molar-refractivity contribution in [3.63, 3.8) is 0 Å². The van der Waals surface area contributed by atoms with Crippen LogP contribution in [0, 0.1) is 0 Å². The maximum Gasteiger partial charge on any atom is 0.409 e. The molecular formula is C14H20N2O4S. The predicted molar refractivity (Wildman–Crippen MR) is 79.5 cm³/mol. The second-order valence-electron chi connectivity index (χ2n) is 4.91. The molecule has 0 aromatic heterocycles. The maximum absolute atomic E-state index is 12.3. The van der Waals surface area contributed by atoms with Gasteiger partial charge in [-0.25, -0.2) is 13.2 Å². The maximum atomic E-state index is 12.3. The molecule has 0 N–H and O–H groups in total. The van der Waals surface area contributed by atoms with Gasteiger partial charge in [-0.1, -0.05) is 30.3 Å². The first-order chi connectivity index (χ1) is 10.0. The second kappa shape index (κ2) is 6.91. The van der Waals surface area contributed by atoms with Crippen molar-refractivity contribution >= 4 is 16.1 Å². The topological polar surface area (TPSA) is 66.9 Å². The second-order valence-corrected chi connectivity index (χ2v) is 7.00. The van der Waals surface area contributed by atoms with E-state index in [9.17, 15) is 13.2 Å². The molecule has 0 atom stereocenters. The SMILES string of the molecule is COC(=O)N1CCN(S(=O)(=O)CCc2ccccc2)CC1. The molecule has 0 saturated carbocycles. The summed E-state index contributed by atoms with van der Waals surface area (Å²) in [5.74, 6) is 0.0925. The fourth-order valence-corrected chi connectivity index (χ4v) is 3.77. The van der Waals surface area contributed by atoms with E-state index in [1.54, 1.807) is 0 Å². The van der Waals surface area contributed by atoms with E-state index in [1.807, 2.05) is 30.3 Å². The lowest BCUT2D eigenvalue weighted by molar-refractivity contribution is 0.108. The molecule has 0 unspecified atom stereocenters. The highest BCUT2D eigenvalue weighted by Crippen LogP contribution is 2.11. The number of rotatable bonds is 4. The molecule has 1 aromatic rings. The van der Waals surface area contributed by atoms with E-state index in [-0.39, 0.29) is 5.75 Å². The molecule has 116 valence electrons. The van der Waals surface area contributed by atoms with Crippen molar-refractivity contribution < 1.29 is 17.9 Å². The lowest BCUT2D eigenvalue weighted by Gasteiger charge is -2.33. The van der Waals surface area contributed by atoms with Gasteiger partial charge in [0.15, 0.2) is 0 Å². The van der Waals surface area contributed by atoms with Crippen molar-refractivity contribution in [1.82, 2.24) is 9.21 Å². The largest absolute Gasteiger partial charge is 0.453 e. The lowest BCUT2D eigenvalue weighted by Crippen LogP contribution is -2.51. The zero-order chi connectivity index (χ0) is 15.3. The molecule has 0 radical (unpaired) electrons. The number of piperazine rings is 1. The van der Waals surface area contributed by atoms with E-state index in [1.165, 1.54) is 16.3 Å². The number of carbonyl (C=O) groups is 1. The van der Waals surface area contributed by atoms with Crippen LogP contribution in [0.15, 0.2) is 30.3 Å². The van der Waals surface area contributed by atoms with Crippen molar-refractivity contribution in [1.29, 1.82) is 0 Å². The van der Waals surface area contributed by atoms with E-state index in [0.717, 1.165) is 5.56 Å². The van der Waals surface area contributed by atoms with Gasteiger partial charge in [-0.05, 0) is 12.0 Å². The number of benzene rings is 1. The highest BCUT2D eigenvalue weighted by atomic mass is 32.2. The summed E-state index contributed by atoms with van der Waals surface area (Å²) in [6, 6.07) is 9.55. The van der Waals surface area contributed by atoms with E-state index in [0.29, 0.717) is 32.6 Å². The van der Waals surface area contributed by atoms with Gasteiger partial charge in [0, 0.05) is 26.2 Å². The minimum absolute atomic E-state index is 0.0925. The van der Waals surface area contributed by atoms with E-state index in [4.69, 9.17) is 0 Å². The molecule has 1 aliphatic heterocycles. The molecule has 7 heteroatoms. The molecule has 1 amide bonds. The summed E-state index contributed by atoms with van der Waals surface area (Å²) in [4.78, 5) is 12.9. The van der Waals surface area contributed by atoms with Crippen molar-refractivity contribution in [3.8, 4) is 0 Å². The summed E-state index contributed by atoms with van der Waals surface area (Å²) in [5, 5.41) is 0. The third-order valence-corrected chi connectivity index (χ3v) is 5.43. The van der Waals surface area contributed by atoms with Gasteiger partial charge in [0.1, 0.15) is 0 Å². The van der Waals surface area contributed by atoms with Crippen molar-refractivity contribution in [2.24, 2.45) is 0 Å². The van der Waals surface area contributed by atoms with Gasteiger partial charge in [0.05, 0.1) is 12.9 Å². The Morgan fingerprint density at radius 2 is 1.76 bits per heavy atom. The van der Waals surface area contributed by atoms with Gasteiger partial charge in [-0.3, -0.25) is 0 Å². The van der Waals surface area contributed by atoms with Crippen LogP contribution in [-0.2, 0) is 21.2 Å². The molecule has 1 heterocycles. The zero-order valence-corrected chi connectivity index (χ0v) is 12.9. The van der Waals surface area contributed by atoms with Crippen LogP contribution < -0.4 is 0 Å². The van der Waals surface area contributed by atoms with E-state index < -0.39 is 16.1 Å². The van der Waals surface area contributed by atoms with Gasteiger partial charge >= 0.3 is 6.09 Å². The normalized spacial score (nSPS) is 16.7. The van der Waals surface area contributed by atoms with E-state index in [2.05, 4.69) is 4.74 Å². The van der Waals surface area contributed by atoms with Crippen molar-refractivity contribution in [3.05, 3.63) is 35.9 Å².